The lowest BCUT2D eigenvalue weighted by molar-refractivity contribution is -0.143. The van der Waals surface area contributed by atoms with Crippen LogP contribution < -0.4 is 0 Å². The molecule has 20 heavy (non-hydrogen) atoms. The van der Waals surface area contributed by atoms with Crippen molar-refractivity contribution in [3.05, 3.63) is 17.0 Å². The van der Waals surface area contributed by atoms with Crippen LogP contribution in [0.3, 0.4) is 0 Å². The van der Waals surface area contributed by atoms with Crippen molar-refractivity contribution < 1.29 is 19.2 Å². The lowest BCUT2D eigenvalue weighted by atomic mass is 10.2. The van der Waals surface area contributed by atoms with Crippen molar-refractivity contribution in [2.24, 2.45) is 0 Å². The highest BCUT2D eigenvalue weighted by molar-refractivity contribution is 7.99. The van der Waals surface area contributed by atoms with Gasteiger partial charge in [0.25, 0.3) is 0 Å². The van der Waals surface area contributed by atoms with E-state index in [1.54, 1.807) is 0 Å². The normalized spacial score (nSPS) is 10.6. The van der Waals surface area contributed by atoms with Gasteiger partial charge < -0.3 is 14.5 Å². The third kappa shape index (κ3) is 4.88. The summed E-state index contributed by atoms with van der Waals surface area (Å²) in [6, 6.07) is 0. The number of carbonyl (C=O) groups excluding carboxylic acids is 1. The zero-order chi connectivity index (χ0) is 15.1. The minimum absolute atomic E-state index is 0.147. The maximum atomic E-state index is 12.0. The third-order valence-electron chi connectivity index (χ3n) is 2.83. The minimum atomic E-state index is -0.984. The summed E-state index contributed by atoms with van der Waals surface area (Å²) in [5.74, 6) is 0.532. The molecular formula is C13H20N2O4S. The Balaban J connectivity index is 2.47. The molecule has 0 saturated heterocycles. The molecule has 0 bridgehead atoms. The highest BCUT2D eigenvalue weighted by Crippen LogP contribution is 2.19. The Morgan fingerprint density at radius 2 is 2.10 bits per heavy atom. The number of carboxylic acids is 1. The Morgan fingerprint density at radius 3 is 2.60 bits per heavy atom. The topological polar surface area (TPSA) is 83.6 Å². The average Bonchev–Trinajstić information content (AvgIpc) is 2.69. The van der Waals surface area contributed by atoms with Crippen LogP contribution in [0, 0.1) is 13.8 Å². The van der Waals surface area contributed by atoms with Gasteiger partial charge in [0.15, 0.2) is 0 Å². The van der Waals surface area contributed by atoms with Gasteiger partial charge in [-0.05, 0) is 20.3 Å². The molecule has 0 fully saturated rings. The molecule has 0 aliphatic rings. The lowest BCUT2D eigenvalue weighted by Gasteiger charge is -2.19. The van der Waals surface area contributed by atoms with Crippen LogP contribution in [0.25, 0.3) is 0 Å². The van der Waals surface area contributed by atoms with E-state index in [4.69, 9.17) is 9.63 Å². The van der Waals surface area contributed by atoms with Crippen molar-refractivity contribution in [3.63, 3.8) is 0 Å². The van der Waals surface area contributed by atoms with Gasteiger partial charge in [0.2, 0.25) is 5.91 Å². The molecule has 1 N–H and O–H groups in total. The molecule has 112 valence electrons. The Kier molecular flexibility index (Phi) is 6.57. The first-order valence-corrected chi connectivity index (χ1v) is 7.60. The van der Waals surface area contributed by atoms with Gasteiger partial charge in [-0.15, -0.1) is 11.8 Å². The van der Waals surface area contributed by atoms with E-state index in [1.165, 1.54) is 16.7 Å². The smallest absolute Gasteiger partial charge is 0.323 e. The molecule has 0 atom stereocenters. The van der Waals surface area contributed by atoms with Crippen molar-refractivity contribution >= 4 is 23.6 Å². The fraction of sp³-hybridized carbons (Fsp3) is 0.615. The predicted octanol–water partition coefficient (Wildman–Crippen LogP) is 1.85. The van der Waals surface area contributed by atoms with Crippen molar-refractivity contribution in [2.45, 2.75) is 32.9 Å². The molecule has 7 heteroatoms. The first kappa shape index (κ1) is 16.6. The average molecular weight is 300 g/mol. The van der Waals surface area contributed by atoms with E-state index in [0.29, 0.717) is 12.3 Å². The van der Waals surface area contributed by atoms with Gasteiger partial charge in [-0.2, -0.15) is 0 Å². The van der Waals surface area contributed by atoms with Crippen LogP contribution in [-0.2, 0) is 15.3 Å². The highest BCUT2D eigenvalue weighted by atomic mass is 32.2. The van der Waals surface area contributed by atoms with Crippen LogP contribution >= 0.6 is 11.8 Å². The summed E-state index contributed by atoms with van der Waals surface area (Å²) in [6.45, 7) is 5.85. The number of hydrogen-bond acceptors (Lipinski definition) is 5. The molecule has 6 nitrogen and oxygen atoms in total. The SMILES string of the molecule is CCCN(CC(=O)O)C(=O)CSCc1c(C)noc1C. The summed E-state index contributed by atoms with van der Waals surface area (Å²) in [5.41, 5.74) is 1.83. The molecule has 0 aromatic carbocycles. The number of hydrogen-bond donors (Lipinski definition) is 1. The van der Waals surface area contributed by atoms with E-state index >= 15 is 0 Å². The number of amides is 1. The largest absolute Gasteiger partial charge is 0.480 e. The van der Waals surface area contributed by atoms with Crippen LogP contribution in [0.2, 0.25) is 0 Å². The van der Waals surface area contributed by atoms with Gasteiger partial charge in [0.1, 0.15) is 12.3 Å². The molecule has 0 aliphatic carbocycles. The van der Waals surface area contributed by atoms with E-state index in [9.17, 15) is 9.59 Å². The van der Waals surface area contributed by atoms with Crippen LogP contribution in [-0.4, -0.2) is 45.9 Å². The zero-order valence-electron chi connectivity index (χ0n) is 12.0. The number of nitrogens with zero attached hydrogens (tertiary/aromatic N) is 2. The van der Waals surface area contributed by atoms with Crippen molar-refractivity contribution in [2.75, 3.05) is 18.8 Å². The second-order valence-electron chi connectivity index (χ2n) is 4.50. The van der Waals surface area contributed by atoms with Gasteiger partial charge in [-0.1, -0.05) is 12.1 Å². The van der Waals surface area contributed by atoms with E-state index in [2.05, 4.69) is 5.16 Å². The minimum Gasteiger partial charge on any atom is -0.480 e. The number of thioether (sulfide) groups is 1. The second-order valence-corrected chi connectivity index (χ2v) is 5.49. The Hall–Kier alpha value is -1.50. The number of aromatic nitrogens is 1. The van der Waals surface area contributed by atoms with Gasteiger partial charge in [-0.3, -0.25) is 9.59 Å². The summed E-state index contributed by atoms with van der Waals surface area (Å²) in [6.07, 6.45) is 0.744. The van der Waals surface area contributed by atoms with Crippen LogP contribution in [0.5, 0.6) is 0 Å². The van der Waals surface area contributed by atoms with Gasteiger partial charge in [0.05, 0.1) is 11.4 Å². The monoisotopic (exact) mass is 300 g/mol. The fourth-order valence-corrected chi connectivity index (χ4v) is 2.84. The highest BCUT2D eigenvalue weighted by Gasteiger charge is 2.16. The summed E-state index contributed by atoms with van der Waals surface area (Å²) in [4.78, 5) is 24.1. The molecule has 1 heterocycles. The van der Waals surface area contributed by atoms with Gasteiger partial charge in [-0.25, -0.2) is 0 Å². The van der Waals surface area contributed by atoms with Crippen molar-refractivity contribution in [3.8, 4) is 0 Å². The molecule has 1 rings (SSSR count). The van der Waals surface area contributed by atoms with E-state index in [1.807, 2.05) is 20.8 Å². The van der Waals surface area contributed by atoms with Gasteiger partial charge >= 0.3 is 5.97 Å². The number of rotatable bonds is 8. The molecule has 0 unspecified atom stereocenters. The zero-order valence-corrected chi connectivity index (χ0v) is 12.8. The molecular weight excluding hydrogens is 280 g/mol. The maximum absolute atomic E-state index is 12.0. The van der Waals surface area contributed by atoms with Crippen molar-refractivity contribution in [1.82, 2.24) is 10.1 Å². The molecule has 1 aromatic rings. The van der Waals surface area contributed by atoms with Gasteiger partial charge in [0, 0.05) is 17.9 Å². The number of carbonyl (C=O) groups is 2. The van der Waals surface area contributed by atoms with E-state index < -0.39 is 5.97 Å². The molecule has 0 saturated carbocycles. The molecule has 0 radical (unpaired) electrons. The van der Waals surface area contributed by atoms with Crippen LogP contribution in [0.1, 0.15) is 30.4 Å². The summed E-state index contributed by atoms with van der Waals surface area (Å²) >= 11 is 1.44. The molecule has 1 aromatic heterocycles. The van der Waals surface area contributed by atoms with Crippen LogP contribution in [0.15, 0.2) is 4.52 Å². The molecule has 0 aliphatic heterocycles. The lowest BCUT2D eigenvalue weighted by Crippen LogP contribution is -2.37. The number of aryl methyl sites for hydroxylation is 2. The molecule has 0 spiro atoms. The van der Waals surface area contributed by atoms with Crippen LogP contribution in [0.4, 0.5) is 0 Å². The summed E-state index contributed by atoms with van der Waals surface area (Å²) < 4.78 is 5.06. The van der Waals surface area contributed by atoms with Crippen molar-refractivity contribution in [1.29, 1.82) is 0 Å². The number of carboxylic acid groups (broad SMARTS) is 1. The Labute approximate surface area is 122 Å². The maximum Gasteiger partial charge on any atom is 0.323 e. The Bertz CT molecular complexity index is 453. The summed E-state index contributed by atoms with van der Waals surface area (Å²) in [7, 11) is 0. The first-order chi connectivity index (χ1) is 9.45. The molecule has 1 amide bonds. The standard InChI is InChI=1S/C13H20N2O4S/c1-4-5-15(6-13(17)18)12(16)8-20-7-11-9(2)14-19-10(11)3/h4-8H2,1-3H3,(H,17,18). The Morgan fingerprint density at radius 1 is 1.40 bits per heavy atom. The fourth-order valence-electron chi connectivity index (χ4n) is 1.76. The predicted molar refractivity (Wildman–Crippen MR) is 76.6 cm³/mol. The third-order valence-corrected chi connectivity index (χ3v) is 3.77. The van der Waals surface area contributed by atoms with E-state index in [0.717, 1.165) is 23.4 Å². The van der Waals surface area contributed by atoms with E-state index in [-0.39, 0.29) is 18.2 Å². The second kappa shape index (κ2) is 7.94. The first-order valence-electron chi connectivity index (χ1n) is 6.44. The number of aliphatic carboxylic acids is 1. The summed E-state index contributed by atoms with van der Waals surface area (Å²) in [5, 5.41) is 12.6. The quantitative estimate of drug-likeness (QED) is 0.788.